The summed E-state index contributed by atoms with van der Waals surface area (Å²) in [5, 5.41) is 0. The lowest BCUT2D eigenvalue weighted by atomic mass is 9.95. The van der Waals surface area contributed by atoms with E-state index in [1.807, 2.05) is 18.2 Å². The van der Waals surface area contributed by atoms with E-state index in [2.05, 4.69) is 14.9 Å². The first-order valence-corrected chi connectivity index (χ1v) is 10.5. The average molecular weight is 391 g/mol. The van der Waals surface area contributed by atoms with Gasteiger partial charge in [0.05, 0.1) is 5.69 Å². The smallest absolute Gasteiger partial charge is 0.332 e. The lowest BCUT2D eigenvalue weighted by molar-refractivity contribution is -0.116. The summed E-state index contributed by atoms with van der Waals surface area (Å²) < 4.78 is 0. The number of benzene rings is 1. The predicted molar refractivity (Wildman–Crippen MR) is 110 cm³/mol. The van der Waals surface area contributed by atoms with Crippen LogP contribution in [0.2, 0.25) is 0 Å². The van der Waals surface area contributed by atoms with Gasteiger partial charge in [0.2, 0.25) is 0 Å². The number of anilines is 2. The van der Waals surface area contributed by atoms with E-state index in [1.165, 1.54) is 29.0 Å². The first-order valence-electron chi connectivity index (χ1n) is 10.5. The molecule has 1 aromatic heterocycles. The van der Waals surface area contributed by atoms with Crippen molar-refractivity contribution in [2.45, 2.75) is 44.6 Å². The molecule has 0 atom stereocenters. The Balaban J connectivity index is 1.28. The lowest BCUT2D eigenvalue weighted by Crippen LogP contribution is -2.47. The molecule has 0 radical (unpaired) electrons. The number of hydrogen-bond acceptors (Lipinski definition) is 5. The van der Waals surface area contributed by atoms with Crippen LogP contribution in [0.1, 0.15) is 36.9 Å². The number of aromatic nitrogens is 2. The van der Waals surface area contributed by atoms with Crippen molar-refractivity contribution in [3.05, 3.63) is 47.9 Å². The Morgan fingerprint density at radius 3 is 2.48 bits per heavy atom. The Labute approximate surface area is 170 Å². The first-order chi connectivity index (χ1) is 14.2. The fourth-order valence-electron chi connectivity index (χ4n) is 4.80. The maximum Gasteiger partial charge on any atom is 0.332 e. The molecule has 1 aromatic carbocycles. The summed E-state index contributed by atoms with van der Waals surface area (Å²) in [5.74, 6) is 0.927. The van der Waals surface area contributed by atoms with Crippen LogP contribution in [0.4, 0.5) is 16.3 Å². The summed E-state index contributed by atoms with van der Waals surface area (Å²) >= 11 is 0. The third kappa shape index (κ3) is 3.24. The van der Waals surface area contributed by atoms with Crippen molar-refractivity contribution in [1.82, 2.24) is 14.9 Å². The Morgan fingerprint density at radius 2 is 1.69 bits per heavy atom. The number of nitrogens with zero attached hydrogens (tertiary/aromatic N) is 5. The van der Waals surface area contributed by atoms with Crippen molar-refractivity contribution in [1.29, 1.82) is 0 Å². The zero-order valence-corrected chi connectivity index (χ0v) is 16.5. The molecule has 2 fully saturated rings. The van der Waals surface area contributed by atoms with Gasteiger partial charge in [0.25, 0.3) is 5.91 Å². The number of aryl methyl sites for hydroxylation is 1. The molecule has 3 heterocycles. The molecule has 7 nitrogen and oxygen atoms in total. The second kappa shape index (κ2) is 7.46. The average Bonchev–Trinajstić information content (AvgIpc) is 3.08. The fraction of sp³-hybridized carbons (Fsp3) is 0.455. The number of carbonyl (C=O) groups is 2. The van der Waals surface area contributed by atoms with Crippen molar-refractivity contribution in [2.75, 3.05) is 29.4 Å². The largest absolute Gasteiger partial charge is 0.356 e. The van der Waals surface area contributed by atoms with Crippen molar-refractivity contribution in [3.63, 3.8) is 0 Å². The van der Waals surface area contributed by atoms with Crippen LogP contribution in [-0.2, 0) is 17.6 Å². The van der Waals surface area contributed by atoms with E-state index >= 15 is 0 Å². The van der Waals surface area contributed by atoms with E-state index in [0.717, 1.165) is 44.6 Å². The van der Waals surface area contributed by atoms with Crippen LogP contribution in [0.5, 0.6) is 0 Å². The molecule has 0 spiro atoms. The highest BCUT2D eigenvalue weighted by Gasteiger charge is 2.41. The number of hydrogen-bond donors (Lipinski definition) is 0. The van der Waals surface area contributed by atoms with Gasteiger partial charge in [-0.15, -0.1) is 0 Å². The molecule has 5 rings (SSSR count). The van der Waals surface area contributed by atoms with Gasteiger partial charge in [-0.3, -0.25) is 4.79 Å². The molecule has 7 heteroatoms. The standard InChI is InChI=1S/C22H25N5O2/c28-20-14-26(22(29)27(20)17-6-2-1-3-7-17)16-10-12-25(13-11-16)21-18-8-4-5-9-19(18)23-15-24-21/h1-3,6-7,15-16H,4-5,8-14H2. The van der Waals surface area contributed by atoms with Gasteiger partial charge in [0.15, 0.2) is 0 Å². The van der Waals surface area contributed by atoms with Gasteiger partial charge in [-0.2, -0.15) is 0 Å². The summed E-state index contributed by atoms with van der Waals surface area (Å²) in [5.41, 5.74) is 3.15. The maximum atomic E-state index is 13.0. The molecule has 150 valence electrons. The summed E-state index contributed by atoms with van der Waals surface area (Å²) in [6.07, 6.45) is 7.88. The van der Waals surface area contributed by atoms with Crippen LogP contribution in [-0.4, -0.2) is 52.5 Å². The molecule has 0 N–H and O–H groups in total. The number of amides is 3. The molecule has 0 saturated carbocycles. The van der Waals surface area contributed by atoms with Crippen LogP contribution < -0.4 is 9.80 Å². The topological polar surface area (TPSA) is 69.6 Å². The van der Waals surface area contributed by atoms with Gasteiger partial charge in [0, 0.05) is 30.4 Å². The fourth-order valence-corrected chi connectivity index (χ4v) is 4.80. The third-order valence-corrected chi connectivity index (χ3v) is 6.31. The number of piperidine rings is 1. The minimum absolute atomic E-state index is 0.0917. The summed E-state index contributed by atoms with van der Waals surface area (Å²) in [4.78, 5) is 39.9. The summed E-state index contributed by atoms with van der Waals surface area (Å²) in [6.45, 7) is 1.86. The number of fused-ring (bicyclic) bond motifs is 1. The maximum absolute atomic E-state index is 13.0. The summed E-state index contributed by atoms with van der Waals surface area (Å²) in [6, 6.07) is 9.08. The van der Waals surface area contributed by atoms with Gasteiger partial charge >= 0.3 is 6.03 Å². The van der Waals surface area contributed by atoms with Crippen LogP contribution in [0.15, 0.2) is 36.7 Å². The first kappa shape index (κ1) is 18.1. The number of imide groups is 1. The molecule has 0 unspecified atom stereocenters. The van der Waals surface area contributed by atoms with Crippen LogP contribution in [0, 0.1) is 0 Å². The van der Waals surface area contributed by atoms with Gasteiger partial charge in [-0.1, -0.05) is 18.2 Å². The Morgan fingerprint density at radius 1 is 0.931 bits per heavy atom. The number of urea groups is 1. The minimum Gasteiger partial charge on any atom is -0.356 e. The zero-order chi connectivity index (χ0) is 19.8. The molecule has 2 saturated heterocycles. The number of rotatable bonds is 3. The zero-order valence-electron chi connectivity index (χ0n) is 16.5. The molecule has 1 aliphatic carbocycles. The highest BCUT2D eigenvalue weighted by atomic mass is 16.2. The summed E-state index contributed by atoms with van der Waals surface area (Å²) in [7, 11) is 0. The lowest BCUT2D eigenvalue weighted by Gasteiger charge is -2.37. The molecular weight excluding hydrogens is 366 g/mol. The van der Waals surface area contributed by atoms with Gasteiger partial charge in [0.1, 0.15) is 18.7 Å². The minimum atomic E-state index is -0.195. The molecule has 0 bridgehead atoms. The third-order valence-electron chi connectivity index (χ3n) is 6.31. The van der Waals surface area contributed by atoms with Crippen LogP contribution in [0.25, 0.3) is 0 Å². The van der Waals surface area contributed by atoms with E-state index in [9.17, 15) is 9.59 Å². The van der Waals surface area contributed by atoms with Crippen molar-refractivity contribution < 1.29 is 9.59 Å². The van der Waals surface area contributed by atoms with Gasteiger partial charge in [-0.25, -0.2) is 19.7 Å². The molecular formula is C22H25N5O2. The van der Waals surface area contributed by atoms with Crippen LogP contribution in [0.3, 0.4) is 0 Å². The van der Waals surface area contributed by atoms with E-state index in [1.54, 1.807) is 23.4 Å². The number of carbonyl (C=O) groups excluding carboxylic acids is 2. The highest BCUT2D eigenvalue weighted by molar-refractivity contribution is 6.19. The van der Waals surface area contributed by atoms with Gasteiger partial charge in [-0.05, 0) is 50.7 Å². The Hall–Kier alpha value is -2.96. The van der Waals surface area contributed by atoms with E-state index in [0.29, 0.717) is 5.69 Å². The second-order valence-corrected chi connectivity index (χ2v) is 8.02. The molecule has 29 heavy (non-hydrogen) atoms. The van der Waals surface area contributed by atoms with Crippen molar-refractivity contribution in [2.24, 2.45) is 0 Å². The number of para-hydroxylation sites is 1. The highest BCUT2D eigenvalue weighted by Crippen LogP contribution is 2.31. The monoisotopic (exact) mass is 391 g/mol. The van der Waals surface area contributed by atoms with E-state index < -0.39 is 0 Å². The van der Waals surface area contributed by atoms with Crippen LogP contribution >= 0.6 is 0 Å². The quantitative estimate of drug-likeness (QED) is 0.753. The Kier molecular flexibility index (Phi) is 4.66. The van der Waals surface area contributed by atoms with Crippen molar-refractivity contribution >= 4 is 23.4 Å². The molecule has 3 amide bonds. The normalized spacial score (nSPS) is 20.3. The van der Waals surface area contributed by atoms with E-state index in [-0.39, 0.29) is 24.5 Å². The SMILES string of the molecule is O=C1CN(C2CCN(c3ncnc4c3CCCC4)CC2)C(=O)N1c1ccccc1. The molecule has 2 aromatic rings. The molecule has 2 aliphatic heterocycles. The van der Waals surface area contributed by atoms with Crippen molar-refractivity contribution in [3.8, 4) is 0 Å². The predicted octanol–water partition coefficient (Wildman–Crippen LogP) is 2.79. The molecule has 3 aliphatic rings. The Bertz CT molecular complexity index is 924. The van der Waals surface area contributed by atoms with E-state index in [4.69, 9.17) is 0 Å². The van der Waals surface area contributed by atoms with Gasteiger partial charge < -0.3 is 9.80 Å². The second-order valence-electron chi connectivity index (χ2n) is 8.02.